The molecule has 2 N–H and O–H groups in total. The maximum atomic E-state index is 12.0. The molecule has 18 heavy (non-hydrogen) atoms. The van der Waals surface area contributed by atoms with E-state index in [2.05, 4.69) is 25.3 Å². The van der Waals surface area contributed by atoms with E-state index in [1.165, 1.54) is 6.42 Å². The summed E-state index contributed by atoms with van der Waals surface area (Å²) in [5.74, 6) is 0.853. The van der Waals surface area contributed by atoms with E-state index < -0.39 is 16.1 Å². The van der Waals surface area contributed by atoms with Crippen molar-refractivity contribution in [2.75, 3.05) is 5.75 Å². The maximum Gasteiger partial charge on any atom is 0.212 e. The van der Waals surface area contributed by atoms with Crippen LogP contribution in [-0.4, -0.2) is 34.8 Å². The van der Waals surface area contributed by atoms with Gasteiger partial charge < -0.3 is 0 Å². The van der Waals surface area contributed by atoms with Crippen LogP contribution in [0.3, 0.4) is 0 Å². The molecule has 1 heterocycles. The second-order valence-corrected chi connectivity index (χ2v) is 6.69. The molecule has 1 fully saturated rings. The van der Waals surface area contributed by atoms with Gasteiger partial charge in [0.05, 0.1) is 11.8 Å². The summed E-state index contributed by atoms with van der Waals surface area (Å²) in [6, 6.07) is -0.447. The first-order valence-electron chi connectivity index (χ1n) is 6.30. The zero-order valence-corrected chi connectivity index (χ0v) is 11.3. The quantitative estimate of drug-likeness (QED) is 0.825. The minimum Gasteiger partial charge on any atom is -0.212 e. The molecule has 7 nitrogen and oxygen atoms in total. The van der Waals surface area contributed by atoms with Gasteiger partial charge in [-0.05, 0) is 25.7 Å². The van der Waals surface area contributed by atoms with Crippen molar-refractivity contribution in [3.8, 4) is 0 Å². The molecule has 0 aliphatic heterocycles. The molecule has 1 aromatic heterocycles. The number of hydrogen-bond acceptors (Lipinski definition) is 5. The minimum atomic E-state index is -3.28. The van der Waals surface area contributed by atoms with E-state index in [1.807, 2.05) is 0 Å². The Morgan fingerprint density at radius 1 is 1.39 bits per heavy atom. The van der Waals surface area contributed by atoms with E-state index in [-0.39, 0.29) is 11.7 Å². The summed E-state index contributed by atoms with van der Waals surface area (Å²) < 4.78 is 26.6. The molecule has 8 heteroatoms. The van der Waals surface area contributed by atoms with Crippen LogP contribution in [0, 0.1) is 5.92 Å². The molecule has 1 aliphatic carbocycles. The molecule has 1 unspecified atom stereocenters. The number of sulfonamides is 1. The second-order valence-electron chi connectivity index (χ2n) is 4.89. The van der Waals surface area contributed by atoms with E-state index >= 15 is 0 Å². The monoisotopic (exact) mass is 273 g/mol. The fourth-order valence-corrected chi connectivity index (χ4v) is 4.08. The Kier molecular flexibility index (Phi) is 4.28. The lowest BCUT2D eigenvalue weighted by Gasteiger charge is -2.22. The van der Waals surface area contributed by atoms with Gasteiger partial charge in [0, 0.05) is 0 Å². The molecular formula is C10H19N5O2S. The smallest absolute Gasteiger partial charge is 0.212 e. The van der Waals surface area contributed by atoms with Crippen LogP contribution < -0.4 is 4.72 Å². The van der Waals surface area contributed by atoms with Crippen LogP contribution in [-0.2, 0) is 10.0 Å². The lowest BCUT2D eigenvalue weighted by Crippen LogP contribution is -2.33. The van der Waals surface area contributed by atoms with Crippen LogP contribution in [0.4, 0.5) is 0 Å². The van der Waals surface area contributed by atoms with Crippen LogP contribution in [0.25, 0.3) is 0 Å². The SMILES string of the molecule is CC(NS(=O)(=O)CC1CCCCC1)c1nn[nH]n1. The third-order valence-corrected chi connectivity index (χ3v) is 4.91. The van der Waals surface area contributed by atoms with Gasteiger partial charge in [0.1, 0.15) is 0 Å². The highest BCUT2D eigenvalue weighted by Gasteiger charge is 2.24. The molecular weight excluding hydrogens is 254 g/mol. The Hall–Kier alpha value is -1.02. The number of aromatic nitrogens is 4. The highest BCUT2D eigenvalue weighted by Crippen LogP contribution is 2.25. The van der Waals surface area contributed by atoms with Gasteiger partial charge in [-0.15, -0.1) is 10.2 Å². The maximum absolute atomic E-state index is 12.0. The Morgan fingerprint density at radius 2 is 2.11 bits per heavy atom. The fourth-order valence-electron chi connectivity index (χ4n) is 2.39. The van der Waals surface area contributed by atoms with Crippen LogP contribution in [0.2, 0.25) is 0 Å². The Labute approximate surface area is 107 Å². The van der Waals surface area contributed by atoms with E-state index in [0.717, 1.165) is 25.7 Å². The predicted molar refractivity (Wildman–Crippen MR) is 66.1 cm³/mol. The zero-order valence-electron chi connectivity index (χ0n) is 10.5. The normalized spacial score (nSPS) is 19.8. The summed E-state index contributed by atoms with van der Waals surface area (Å²) in [5, 5.41) is 13.3. The number of nitrogens with zero attached hydrogens (tertiary/aromatic N) is 3. The molecule has 0 spiro atoms. The molecule has 1 atom stereocenters. The number of H-pyrrole nitrogens is 1. The van der Waals surface area contributed by atoms with E-state index in [0.29, 0.717) is 5.82 Å². The summed E-state index contributed by atoms with van der Waals surface area (Å²) in [6.07, 6.45) is 5.53. The van der Waals surface area contributed by atoms with Crippen molar-refractivity contribution in [3.05, 3.63) is 5.82 Å². The lowest BCUT2D eigenvalue weighted by atomic mass is 9.91. The van der Waals surface area contributed by atoms with Gasteiger partial charge in [0.2, 0.25) is 10.0 Å². The Balaban J connectivity index is 1.90. The van der Waals surface area contributed by atoms with Crippen molar-refractivity contribution in [2.45, 2.75) is 45.1 Å². The number of hydrogen-bond donors (Lipinski definition) is 2. The van der Waals surface area contributed by atoms with Crippen molar-refractivity contribution >= 4 is 10.0 Å². The molecule has 1 aliphatic rings. The fraction of sp³-hybridized carbons (Fsp3) is 0.900. The topological polar surface area (TPSA) is 101 Å². The minimum absolute atomic E-state index is 0.204. The van der Waals surface area contributed by atoms with Crippen molar-refractivity contribution in [1.29, 1.82) is 0 Å². The molecule has 0 amide bonds. The van der Waals surface area contributed by atoms with Crippen molar-refractivity contribution < 1.29 is 8.42 Å². The van der Waals surface area contributed by atoms with Crippen LogP contribution in [0.15, 0.2) is 0 Å². The first-order chi connectivity index (χ1) is 8.57. The molecule has 0 bridgehead atoms. The van der Waals surface area contributed by atoms with E-state index in [1.54, 1.807) is 6.92 Å². The first-order valence-corrected chi connectivity index (χ1v) is 7.95. The van der Waals surface area contributed by atoms with Gasteiger partial charge >= 0.3 is 0 Å². The van der Waals surface area contributed by atoms with E-state index in [4.69, 9.17) is 0 Å². The molecule has 1 aromatic rings. The van der Waals surface area contributed by atoms with Crippen LogP contribution >= 0.6 is 0 Å². The highest BCUT2D eigenvalue weighted by atomic mass is 32.2. The van der Waals surface area contributed by atoms with Gasteiger partial charge in [-0.25, -0.2) is 13.1 Å². The molecule has 0 saturated heterocycles. The summed E-state index contributed by atoms with van der Waals surface area (Å²) in [5.41, 5.74) is 0. The molecule has 0 aromatic carbocycles. The van der Waals surface area contributed by atoms with Gasteiger partial charge in [-0.3, -0.25) is 0 Å². The zero-order chi connectivity index (χ0) is 13.0. The van der Waals surface area contributed by atoms with Gasteiger partial charge in [0.15, 0.2) is 5.82 Å². The average Bonchev–Trinajstić information content (AvgIpc) is 2.82. The third-order valence-electron chi connectivity index (χ3n) is 3.29. The summed E-state index contributed by atoms with van der Waals surface area (Å²) in [6.45, 7) is 1.71. The summed E-state index contributed by atoms with van der Waals surface area (Å²) in [7, 11) is -3.28. The number of rotatable bonds is 5. The van der Waals surface area contributed by atoms with Crippen LogP contribution in [0.5, 0.6) is 0 Å². The first kappa shape index (κ1) is 13.4. The van der Waals surface area contributed by atoms with Gasteiger partial charge in [-0.2, -0.15) is 5.21 Å². The van der Waals surface area contributed by atoms with Crippen molar-refractivity contribution in [3.63, 3.8) is 0 Å². The summed E-state index contributed by atoms with van der Waals surface area (Å²) in [4.78, 5) is 0. The average molecular weight is 273 g/mol. The Bertz CT molecular complexity index is 453. The summed E-state index contributed by atoms with van der Waals surface area (Å²) >= 11 is 0. The number of tetrazole rings is 1. The molecule has 2 rings (SSSR count). The van der Waals surface area contributed by atoms with Crippen molar-refractivity contribution in [1.82, 2.24) is 25.3 Å². The van der Waals surface area contributed by atoms with Gasteiger partial charge in [0.25, 0.3) is 0 Å². The standard InChI is InChI=1S/C10H19N5O2S/c1-8(10-11-14-15-12-10)13-18(16,17)7-9-5-3-2-4-6-9/h8-9,13H,2-7H2,1H3,(H,11,12,14,15). The largest absolute Gasteiger partial charge is 0.212 e. The van der Waals surface area contributed by atoms with Crippen molar-refractivity contribution in [2.24, 2.45) is 5.92 Å². The predicted octanol–water partition coefficient (Wildman–Crippen LogP) is 0.760. The van der Waals surface area contributed by atoms with Gasteiger partial charge in [-0.1, -0.05) is 24.5 Å². The molecule has 1 saturated carbocycles. The molecule has 0 radical (unpaired) electrons. The van der Waals surface area contributed by atoms with E-state index in [9.17, 15) is 8.42 Å². The highest BCUT2D eigenvalue weighted by molar-refractivity contribution is 7.89. The number of nitrogens with one attached hydrogen (secondary N) is 2. The lowest BCUT2D eigenvalue weighted by molar-refractivity contribution is 0.383. The third kappa shape index (κ3) is 3.74. The number of aromatic amines is 1. The second kappa shape index (κ2) is 5.75. The Morgan fingerprint density at radius 3 is 2.72 bits per heavy atom. The molecule has 102 valence electrons. The van der Waals surface area contributed by atoms with Crippen LogP contribution in [0.1, 0.15) is 50.9 Å².